The minimum atomic E-state index is -3.76. The summed E-state index contributed by atoms with van der Waals surface area (Å²) in [6.07, 6.45) is 0. The maximum Gasteiger partial charge on any atom is 0.257 e. The van der Waals surface area contributed by atoms with Crippen LogP contribution in [0.25, 0.3) is 10.1 Å². The van der Waals surface area contributed by atoms with Gasteiger partial charge in [-0.3, -0.25) is 10.1 Å². The Balaban J connectivity index is 1.98. The first-order valence-electron chi connectivity index (χ1n) is 9.34. The van der Waals surface area contributed by atoms with Crippen LogP contribution >= 0.6 is 23.6 Å². The van der Waals surface area contributed by atoms with Crippen molar-refractivity contribution in [3.8, 4) is 0 Å². The fourth-order valence-electron chi connectivity index (χ4n) is 3.24. The predicted octanol–water partition coefficient (Wildman–Crippen LogP) is 3.42. The molecule has 0 unspecified atom stereocenters. The maximum absolute atomic E-state index is 15.4. The van der Waals surface area contributed by atoms with Crippen molar-refractivity contribution in [3.63, 3.8) is 0 Å². The van der Waals surface area contributed by atoms with Crippen LogP contribution < -0.4 is 15.4 Å². The van der Waals surface area contributed by atoms with Crippen molar-refractivity contribution in [1.82, 2.24) is 15.4 Å². The lowest BCUT2D eigenvalue weighted by atomic mass is 10.0. The normalized spacial score (nSPS) is 13.5. The summed E-state index contributed by atoms with van der Waals surface area (Å²) >= 11 is 6.44. The average Bonchev–Trinajstić information content (AvgIpc) is 3.07. The molecule has 1 atom stereocenters. The highest BCUT2D eigenvalue weighted by molar-refractivity contribution is 7.89. The van der Waals surface area contributed by atoms with E-state index in [0.29, 0.717) is 10.9 Å². The van der Waals surface area contributed by atoms with Crippen molar-refractivity contribution < 1.29 is 17.6 Å². The van der Waals surface area contributed by atoms with E-state index < -0.39 is 33.0 Å². The molecule has 0 aliphatic rings. The molecular formula is C21H22FN3O3S3. The lowest BCUT2D eigenvalue weighted by Crippen LogP contribution is -2.53. The van der Waals surface area contributed by atoms with Crippen LogP contribution in [-0.2, 0) is 15.6 Å². The van der Waals surface area contributed by atoms with Crippen molar-refractivity contribution in [2.75, 3.05) is 12.8 Å². The number of hydrogen-bond acceptors (Lipinski definition) is 5. The number of hydrogen-bond donors (Lipinski definition) is 3. The Hall–Kier alpha value is -2.40. The molecule has 6 nitrogen and oxygen atoms in total. The molecule has 1 aromatic heterocycles. The number of thiophene rings is 1. The number of aryl methyl sites for hydroxylation is 1. The summed E-state index contributed by atoms with van der Waals surface area (Å²) in [4.78, 5) is 12.6. The summed E-state index contributed by atoms with van der Waals surface area (Å²) in [5.41, 5.74) is -0.158. The van der Waals surface area contributed by atoms with Gasteiger partial charge in [0.1, 0.15) is 5.82 Å². The smallest absolute Gasteiger partial charge is 0.257 e. The van der Waals surface area contributed by atoms with E-state index in [-0.39, 0.29) is 9.99 Å². The van der Waals surface area contributed by atoms with Crippen LogP contribution in [0.15, 0.2) is 48.5 Å². The molecule has 0 bridgehead atoms. The van der Waals surface area contributed by atoms with Gasteiger partial charge in [0.15, 0.2) is 5.11 Å². The summed E-state index contributed by atoms with van der Waals surface area (Å²) in [5.74, 6) is -1.45. The Labute approximate surface area is 189 Å². The number of nitrogens with one attached hydrogen (secondary N) is 3. The van der Waals surface area contributed by atoms with Gasteiger partial charge in [-0.15, -0.1) is 11.3 Å². The van der Waals surface area contributed by atoms with Crippen molar-refractivity contribution in [3.05, 3.63) is 70.4 Å². The third kappa shape index (κ3) is 5.09. The Bertz CT molecular complexity index is 1240. The molecule has 31 heavy (non-hydrogen) atoms. The molecule has 164 valence electrons. The van der Waals surface area contributed by atoms with E-state index in [1.807, 2.05) is 13.0 Å². The number of sulfonamides is 1. The minimum absolute atomic E-state index is 0.101. The standard InChI is InChI=1S/C21H22FN3O3S3/c1-13-8-7-11-15-16(22)18(30-17(13)15)21(2,12-31(27,28)23-3)25-20(29)24-19(26)14-9-5-4-6-10-14/h4-11,23H,12H2,1-3H3,(H2,24,25,26,29)/t21-/m0/s1. The molecule has 1 amide bonds. The van der Waals surface area contributed by atoms with Gasteiger partial charge in [-0.2, -0.15) is 0 Å². The third-order valence-electron chi connectivity index (χ3n) is 4.80. The van der Waals surface area contributed by atoms with Gasteiger partial charge >= 0.3 is 0 Å². The number of fused-ring (bicyclic) bond motifs is 1. The second-order valence-corrected chi connectivity index (χ2v) is 10.6. The summed E-state index contributed by atoms with van der Waals surface area (Å²) < 4.78 is 43.2. The van der Waals surface area contributed by atoms with Crippen molar-refractivity contribution in [1.29, 1.82) is 0 Å². The molecular weight excluding hydrogens is 457 g/mol. The van der Waals surface area contributed by atoms with Crippen molar-refractivity contribution in [2.24, 2.45) is 0 Å². The zero-order valence-electron chi connectivity index (χ0n) is 17.2. The molecule has 0 radical (unpaired) electrons. The zero-order chi connectivity index (χ0) is 22.8. The molecule has 0 fully saturated rings. The van der Waals surface area contributed by atoms with Crippen molar-refractivity contribution in [2.45, 2.75) is 19.4 Å². The molecule has 0 saturated heterocycles. The van der Waals surface area contributed by atoms with Gasteiger partial charge in [-0.25, -0.2) is 17.5 Å². The number of carbonyl (C=O) groups is 1. The highest BCUT2D eigenvalue weighted by atomic mass is 32.2. The fraction of sp³-hybridized carbons (Fsp3) is 0.238. The molecule has 10 heteroatoms. The molecule has 0 spiro atoms. The van der Waals surface area contributed by atoms with Gasteiger partial charge < -0.3 is 5.32 Å². The molecule has 1 heterocycles. The van der Waals surface area contributed by atoms with Crippen LogP contribution in [-0.4, -0.2) is 32.2 Å². The van der Waals surface area contributed by atoms with Gasteiger partial charge in [-0.1, -0.05) is 36.4 Å². The first kappa shape index (κ1) is 23.3. The van der Waals surface area contributed by atoms with E-state index in [9.17, 15) is 13.2 Å². The quantitative estimate of drug-likeness (QED) is 0.472. The monoisotopic (exact) mass is 479 g/mol. The Kier molecular flexibility index (Phi) is 6.75. The molecule has 3 aromatic rings. The van der Waals surface area contributed by atoms with E-state index >= 15 is 4.39 Å². The second-order valence-electron chi connectivity index (χ2n) is 7.27. The molecule has 0 saturated carbocycles. The van der Waals surface area contributed by atoms with Gasteiger partial charge in [0.05, 0.1) is 16.2 Å². The predicted molar refractivity (Wildman–Crippen MR) is 126 cm³/mol. The number of benzene rings is 2. The Morgan fingerprint density at radius 3 is 2.45 bits per heavy atom. The summed E-state index contributed by atoms with van der Waals surface area (Å²) in [6, 6.07) is 13.7. The number of amides is 1. The van der Waals surface area contributed by atoms with Gasteiger partial charge in [0.25, 0.3) is 5.91 Å². The van der Waals surface area contributed by atoms with E-state index in [0.717, 1.165) is 21.6 Å². The molecule has 3 N–H and O–H groups in total. The highest BCUT2D eigenvalue weighted by Crippen LogP contribution is 2.39. The maximum atomic E-state index is 15.4. The van der Waals surface area contributed by atoms with Crippen LogP contribution in [0.4, 0.5) is 4.39 Å². The molecule has 2 aromatic carbocycles. The molecule has 3 rings (SSSR count). The van der Waals surface area contributed by atoms with Crippen LogP contribution in [0.5, 0.6) is 0 Å². The van der Waals surface area contributed by atoms with E-state index in [1.54, 1.807) is 49.4 Å². The van der Waals surface area contributed by atoms with E-state index in [1.165, 1.54) is 7.05 Å². The van der Waals surface area contributed by atoms with Crippen LogP contribution in [0.2, 0.25) is 0 Å². The third-order valence-corrected chi connectivity index (χ3v) is 8.16. The van der Waals surface area contributed by atoms with Gasteiger partial charge in [-0.05, 0) is 50.8 Å². The first-order chi connectivity index (χ1) is 14.6. The lowest BCUT2D eigenvalue weighted by Gasteiger charge is -2.31. The summed E-state index contributed by atoms with van der Waals surface area (Å²) in [5, 5.41) is 5.72. The SMILES string of the molecule is CNS(=O)(=O)C[C@](C)(NC(=S)NC(=O)c1ccccc1)c1sc2c(C)cccc2c1F. The molecule has 0 aliphatic carbocycles. The van der Waals surface area contributed by atoms with Crippen LogP contribution in [0.1, 0.15) is 27.7 Å². The van der Waals surface area contributed by atoms with E-state index in [2.05, 4.69) is 15.4 Å². The first-order valence-corrected chi connectivity index (χ1v) is 12.2. The summed E-state index contributed by atoms with van der Waals surface area (Å²) in [7, 11) is -2.47. The van der Waals surface area contributed by atoms with Crippen molar-refractivity contribution >= 4 is 54.7 Å². The topological polar surface area (TPSA) is 87.3 Å². The Morgan fingerprint density at radius 1 is 1.16 bits per heavy atom. The highest BCUT2D eigenvalue weighted by Gasteiger charge is 2.38. The minimum Gasteiger partial charge on any atom is -0.351 e. The lowest BCUT2D eigenvalue weighted by molar-refractivity contribution is 0.0976. The van der Waals surface area contributed by atoms with Crippen LogP contribution in [0.3, 0.4) is 0 Å². The second kappa shape index (κ2) is 8.99. The molecule has 0 aliphatic heterocycles. The number of carbonyl (C=O) groups excluding carboxylic acids is 1. The summed E-state index contributed by atoms with van der Waals surface area (Å²) in [6.45, 7) is 3.41. The fourth-order valence-corrected chi connectivity index (χ4v) is 6.02. The number of thiocarbonyl (C=S) groups is 1. The van der Waals surface area contributed by atoms with E-state index in [4.69, 9.17) is 12.2 Å². The average molecular weight is 480 g/mol. The largest absolute Gasteiger partial charge is 0.351 e. The Morgan fingerprint density at radius 2 is 1.84 bits per heavy atom. The zero-order valence-corrected chi connectivity index (χ0v) is 19.6. The van der Waals surface area contributed by atoms with Crippen LogP contribution in [0, 0.1) is 12.7 Å². The van der Waals surface area contributed by atoms with Gasteiger partial charge in [0, 0.05) is 15.6 Å². The number of halogens is 1. The van der Waals surface area contributed by atoms with Gasteiger partial charge in [0.2, 0.25) is 10.0 Å². The number of rotatable bonds is 6.